The lowest BCUT2D eigenvalue weighted by atomic mass is 10.3. The van der Waals surface area contributed by atoms with Crippen molar-refractivity contribution in [2.45, 2.75) is 33.2 Å². The van der Waals surface area contributed by atoms with Crippen LogP contribution < -0.4 is 4.18 Å². The summed E-state index contributed by atoms with van der Waals surface area (Å²) in [5.41, 5.74) is -5.40. The maximum Gasteiger partial charge on any atom is 0.534 e. The fraction of sp³-hybridized carbons (Fsp3) is 0.417. The molecule has 0 amide bonds. The van der Waals surface area contributed by atoms with E-state index in [1.807, 2.05) is 13.8 Å². The summed E-state index contributed by atoms with van der Waals surface area (Å²) in [6, 6.07) is 6.47. The molecule has 116 valence electrons. The Balaban J connectivity index is 0. The number of ketones is 1. The first-order chi connectivity index (χ1) is 9.06. The van der Waals surface area contributed by atoms with Crippen molar-refractivity contribution in [2.24, 2.45) is 0 Å². The number of halogens is 3. The lowest BCUT2D eigenvalue weighted by Gasteiger charge is -2.08. The van der Waals surface area contributed by atoms with E-state index in [2.05, 4.69) is 4.18 Å². The minimum Gasteiger partial charge on any atom is -0.376 e. The number of carbonyl (C=O) groups excluding carboxylic acids is 1. The lowest BCUT2D eigenvalue weighted by molar-refractivity contribution is -0.115. The predicted molar refractivity (Wildman–Crippen MR) is 69.7 cm³/mol. The average Bonchev–Trinajstić information content (AvgIpc) is 2.30. The molecule has 0 fully saturated rings. The molecule has 0 aromatic heterocycles. The Bertz CT molecular complexity index is 477. The molecule has 1 rings (SSSR count). The topological polar surface area (TPSA) is 60.4 Å². The van der Waals surface area contributed by atoms with E-state index in [1.54, 1.807) is 0 Å². The molecule has 0 saturated heterocycles. The first-order valence-corrected chi connectivity index (χ1v) is 7.00. The Kier molecular flexibility index (Phi) is 9.70. The van der Waals surface area contributed by atoms with Crippen molar-refractivity contribution in [1.82, 2.24) is 0 Å². The van der Waals surface area contributed by atoms with Crippen LogP contribution in [0.25, 0.3) is 0 Å². The van der Waals surface area contributed by atoms with Gasteiger partial charge < -0.3 is 8.98 Å². The van der Waals surface area contributed by atoms with Gasteiger partial charge in [-0.2, -0.15) is 21.6 Å². The van der Waals surface area contributed by atoms with Crippen molar-refractivity contribution in [1.29, 1.82) is 0 Å². The van der Waals surface area contributed by atoms with E-state index in [4.69, 9.17) is 0 Å². The van der Waals surface area contributed by atoms with Crippen LogP contribution in [0, 0.1) is 0 Å². The minimum absolute atomic E-state index is 0.167. The molecule has 0 N–H and O–H groups in total. The van der Waals surface area contributed by atoms with Gasteiger partial charge in [0, 0.05) is 0 Å². The van der Waals surface area contributed by atoms with Crippen LogP contribution in [-0.2, 0) is 14.9 Å². The van der Waals surface area contributed by atoms with Gasteiger partial charge in [-0.15, -0.1) is 0 Å². The first-order valence-electron chi connectivity index (χ1n) is 5.59. The third kappa shape index (κ3) is 9.37. The Labute approximate surface area is 116 Å². The van der Waals surface area contributed by atoms with Gasteiger partial charge in [0.15, 0.2) is 0 Å². The highest BCUT2D eigenvalue weighted by atomic mass is 32.2. The average molecular weight is 314 g/mol. The molecule has 0 aliphatic heterocycles. The van der Waals surface area contributed by atoms with Gasteiger partial charge in [-0.3, -0.25) is 0 Å². The fourth-order valence-corrected chi connectivity index (χ4v) is 1.11. The van der Waals surface area contributed by atoms with Crippen LogP contribution in [0.3, 0.4) is 0 Å². The molecular weight excluding hydrogens is 297 g/mol. The van der Waals surface area contributed by atoms with Crippen LogP contribution in [0.15, 0.2) is 30.3 Å². The summed E-state index contributed by atoms with van der Waals surface area (Å²) in [4.78, 5) is 9.44. The number of benzene rings is 1. The highest BCUT2D eigenvalue weighted by Gasteiger charge is 2.48. The maximum absolute atomic E-state index is 11.8. The van der Waals surface area contributed by atoms with Gasteiger partial charge in [-0.1, -0.05) is 32.0 Å². The molecule has 0 saturated carbocycles. The molecule has 1 aromatic carbocycles. The predicted octanol–water partition coefficient (Wildman–Crippen LogP) is 3.54. The smallest absolute Gasteiger partial charge is 0.376 e. The van der Waals surface area contributed by atoms with Crippen LogP contribution in [0.2, 0.25) is 0 Å². The Morgan fingerprint density at radius 1 is 1.05 bits per heavy atom. The summed E-state index contributed by atoms with van der Waals surface area (Å²) in [7, 11) is -5.55. The van der Waals surface area contributed by atoms with E-state index in [9.17, 15) is 26.4 Å². The third-order valence-corrected chi connectivity index (χ3v) is 2.21. The van der Waals surface area contributed by atoms with E-state index >= 15 is 0 Å². The highest BCUT2D eigenvalue weighted by Crippen LogP contribution is 2.26. The molecule has 4 nitrogen and oxygen atoms in total. The summed E-state index contributed by atoms with van der Waals surface area (Å²) in [6.07, 6.45) is 0. The molecule has 1 aromatic rings. The number of para-hydroxylation sites is 1. The van der Waals surface area contributed by atoms with Crippen molar-refractivity contribution >= 4 is 15.9 Å². The summed E-state index contributed by atoms with van der Waals surface area (Å²) >= 11 is 0. The van der Waals surface area contributed by atoms with E-state index < -0.39 is 15.6 Å². The molecule has 0 atom stereocenters. The molecule has 8 heteroatoms. The Morgan fingerprint density at radius 3 is 1.70 bits per heavy atom. The molecule has 0 aliphatic rings. The third-order valence-electron chi connectivity index (χ3n) is 1.23. The molecule has 0 bridgehead atoms. The number of hydrogen-bond donors (Lipinski definition) is 0. The Morgan fingerprint density at radius 2 is 1.40 bits per heavy atom. The number of carbonyl (C=O) groups is 1. The Hall–Kier alpha value is -1.57. The standard InChI is InChI=1S/C7H5F3O3S.C3H6O.C2H6/c8-7(9,10)14(11,12)13-6-4-2-1-3-5-6;1-3(2)4;1-2/h1-5H;1-2H3;1-2H3. The van der Waals surface area contributed by atoms with Crippen LogP contribution in [0.1, 0.15) is 27.7 Å². The van der Waals surface area contributed by atoms with E-state index in [0.29, 0.717) is 0 Å². The monoisotopic (exact) mass is 314 g/mol. The number of Topliss-reactive ketones (excluding diaryl/α,β-unsaturated/α-hetero) is 1. The molecule has 0 radical (unpaired) electrons. The summed E-state index contributed by atoms with van der Waals surface area (Å²) in [5.74, 6) is -0.204. The van der Waals surface area contributed by atoms with E-state index in [0.717, 1.165) is 12.1 Å². The van der Waals surface area contributed by atoms with Crippen molar-refractivity contribution < 1.29 is 30.6 Å². The van der Waals surface area contributed by atoms with Crippen molar-refractivity contribution in [3.8, 4) is 5.75 Å². The number of hydrogen-bond acceptors (Lipinski definition) is 4. The van der Waals surface area contributed by atoms with Gasteiger partial charge in [0.05, 0.1) is 0 Å². The second-order valence-corrected chi connectivity index (χ2v) is 4.74. The summed E-state index contributed by atoms with van der Waals surface area (Å²) in [5, 5.41) is 0. The lowest BCUT2D eigenvalue weighted by Crippen LogP contribution is -2.27. The SMILES string of the molecule is CC.CC(C)=O.O=S(=O)(Oc1ccccc1)C(F)(F)F. The highest BCUT2D eigenvalue weighted by molar-refractivity contribution is 7.87. The number of alkyl halides is 3. The second kappa shape index (κ2) is 9.35. The molecule has 20 heavy (non-hydrogen) atoms. The van der Waals surface area contributed by atoms with Gasteiger partial charge in [-0.05, 0) is 26.0 Å². The number of rotatable bonds is 2. The zero-order valence-corrected chi connectivity index (χ0v) is 12.4. The van der Waals surface area contributed by atoms with Gasteiger partial charge in [0.2, 0.25) is 0 Å². The zero-order valence-electron chi connectivity index (χ0n) is 11.6. The minimum atomic E-state index is -5.55. The molecule has 0 aliphatic carbocycles. The van der Waals surface area contributed by atoms with E-state index in [-0.39, 0.29) is 11.5 Å². The van der Waals surface area contributed by atoms with Gasteiger partial charge in [0.1, 0.15) is 11.5 Å². The molecule has 0 heterocycles. The summed E-state index contributed by atoms with van der Waals surface area (Å²) in [6.45, 7) is 7.06. The van der Waals surface area contributed by atoms with Crippen LogP contribution >= 0.6 is 0 Å². The normalized spacial score (nSPS) is 10.3. The maximum atomic E-state index is 11.8. The van der Waals surface area contributed by atoms with Crippen molar-refractivity contribution in [2.75, 3.05) is 0 Å². The first kappa shape index (κ1) is 20.7. The second-order valence-electron chi connectivity index (χ2n) is 3.20. The largest absolute Gasteiger partial charge is 0.534 e. The van der Waals surface area contributed by atoms with Crippen molar-refractivity contribution in [3.63, 3.8) is 0 Å². The molecule has 0 spiro atoms. The van der Waals surface area contributed by atoms with Crippen molar-refractivity contribution in [3.05, 3.63) is 30.3 Å². The van der Waals surface area contributed by atoms with Crippen LogP contribution in [0.4, 0.5) is 13.2 Å². The molecule has 0 unspecified atom stereocenters. The van der Waals surface area contributed by atoms with E-state index in [1.165, 1.54) is 32.0 Å². The molecular formula is C12H17F3O4S. The van der Waals surface area contributed by atoms with Crippen LogP contribution in [-0.4, -0.2) is 19.7 Å². The summed E-state index contributed by atoms with van der Waals surface area (Å²) < 4.78 is 60.2. The van der Waals surface area contributed by atoms with Gasteiger partial charge in [-0.25, -0.2) is 0 Å². The quantitative estimate of drug-likeness (QED) is 0.619. The van der Waals surface area contributed by atoms with Gasteiger partial charge in [0.25, 0.3) is 0 Å². The fourth-order valence-electron chi connectivity index (χ4n) is 0.650. The zero-order chi connectivity index (χ0) is 16.4. The van der Waals surface area contributed by atoms with Crippen LogP contribution in [0.5, 0.6) is 5.75 Å². The van der Waals surface area contributed by atoms with Gasteiger partial charge >= 0.3 is 15.6 Å².